The molecule has 2 aromatic rings. The molecule has 1 aromatic heterocycles. The number of carbonyl (C=O) groups is 1. The zero-order chi connectivity index (χ0) is 16.8. The van der Waals surface area contributed by atoms with Crippen LogP contribution in [0.1, 0.15) is 11.6 Å². The smallest absolute Gasteiger partial charge is 0.319 e. The number of nitrogens with zero attached hydrogens (tertiary/aromatic N) is 1. The van der Waals surface area contributed by atoms with Crippen LogP contribution < -0.4 is 10.6 Å². The minimum absolute atomic E-state index is 0.0519. The molecule has 128 valence electrons. The van der Waals surface area contributed by atoms with E-state index in [1.54, 1.807) is 24.7 Å². The van der Waals surface area contributed by atoms with Crippen LogP contribution in [0.15, 0.2) is 47.3 Å². The highest BCUT2D eigenvalue weighted by Crippen LogP contribution is 2.24. The maximum absolute atomic E-state index is 13.6. The third-order valence-electron chi connectivity index (χ3n) is 3.99. The van der Waals surface area contributed by atoms with Gasteiger partial charge in [-0.2, -0.15) is 11.8 Å². The Hall–Kier alpha value is -1.99. The molecule has 2 N–H and O–H groups in total. The lowest BCUT2D eigenvalue weighted by atomic mass is 10.1. The Morgan fingerprint density at radius 1 is 1.29 bits per heavy atom. The van der Waals surface area contributed by atoms with Crippen molar-refractivity contribution in [1.82, 2.24) is 10.2 Å². The lowest BCUT2D eigenvalue weighted by Gasteiger charge is -2.33. The summed E-state index contributed by atoms with van der Waals surface area (Å²) in [5.74, 6) is 1.71. The molecule has 0 unspecified atom stereocenters. The van der Waals surface area contributed by atoms with E-state index in [9.17, 15) is 9.18 Å². The van der Waals surface area contributed by atoms with Crippen LogP contribution in [0.5, 0.6) is 0 Å². The van der Waals surface area contributed by atoms with Gasteiger partial charge in [-0.25, -0.2) is 9.18 Å². The van der Waals surface area contributed by atoms with Gasteiger partial charge in [0.15, 0.2) is 0 Å². The van der Waals surface area contributed by atoms with Gasteiger partial charge in [0.1, 0.15) is 5.82 Å². The number of nitrogens with one attached hydrogen (secondary N) is 2. The SMILES string of the molecule is O=C(NC[C@@H](c1ccoc1)N1CCSCC1)Nc1ccccc1F. The van der Waals surface area contributed by atoms with E-state index in [0.29, 0.717) is 6.54 Å². The Bertz CT molecular complexity index is 660. The summed E-state index contributed by atoms with van der Waals surface area (Å²) in [4.78, 5) is 14.4. The van der Waals surface area contributed by atoms with Crippen LogP contribution in [0, 0.1) is 5.82 Å². The second-order valence-electron chi connectivity index (χ2n) is 5.54. The van der Waals surface area contributed by atoms with Gasteiger partial charge >= 0.3 is 6.03 Å². The van der Waals surface area contributed by atoms with Crippen LogP contribution in [0.3, 0.4) is 0 Å². The van der Waals surface area contributed by atoms with E-state index in [2.05, 4.69) is 15.5 Å². The van der Waals surface area contributed by atoms with Gasteiger partial charge in [-0.3, -0.25) is 4.90 Å². The molecule has 0 spiro atoms. The normalized spacial score (nSPS) is 16.5. The molecule has 1 atom stereocenters. The van der Waals surface area contributed by atoms with E-state index >= 15 is 0 Å². The van der Waals surface area contributed by atoms with Crippen LogP contribution in [-0.2, 0) is 0 Å². The van der Waals surface area contributed by atoms with Gasteiger partial charge in [0.05, 0.1) is 24.3 Å². The van der Waals surface area contributed by atoms with Crippen molar-refractivity contribution in [1.29, 1.82) is 0 Å². The highest BCUT2D eigenvalue weighted by Gasteiger charge is 2.24. The molecule has 2 amide bonds. The van der Waals surface area contributed by atoms with Crippen LogP contribution in [0.2, 0.25) is 0 Å². The number of anilines is 1. The first-order valence-electron chi connectivity index (χ1n) is 7.87. The van der Waals surface area contributed by atoms with Crippen molar-refractivity contribution in [3.05, 3.63) is 54.2 Å². The Kier molecular flexibility index (Phi) is 5.77. The zero-order valence-electron chi connectivity index (χ0n) is 13.2. The number of carbonyl (C=O) groups excluding carboxylic acids is 1. The predicted octanol–water partition coefficient (Wildman–Crippen LogP) is 3.33. The third kappa shape index (κ3) is 4.30. The molecule has 2 heterocycles. The average Bonchev–Trinajstić information content (AvgIpc) is 3.12. The number of rotatable bonds is 5. The van der Waals surface area contributed by atoms with Crippen molar-refractivity contribution in [3.8, 4) is 0 Å². The number of furan rings is 1. The molecule has 1 fully saturated rings. The summed E-state index contributed by atoms with van der Waals surface area (Å²) in [6, 6.07) is 7.67. The number of halogens is 1. The van der Waals surface area contributed by atoms with Gasteiger partial charge in [0.2, 0.25) is 0 Å². The average molecular weight is 349 g/mol. The number of para-hydroxylation sites is 1. The minimum Gasteiger partial charge on any atom is -0.472 e. The summed E-state index contributed by atoms with van der Waals surface area (Å²) >= 11 is 1.93. The lowest BCUT2D eigenvalue weighted by molar-refractivity contribution is 0.208. The Morgan fingerprint density at radius 2 is 2.08 bits per heavy atom. The number of hydrogen-bond donors (Lipinski definition) is 2. The largest absolute Gasteiger partial charge is 0.472 e. The molecule has 3 rings (SSSR count). The molecule has 0 saturated carbocycles. The maximum atomic E-state index is 13.6. The molecule has 1 aliphatic rings. The highest BCUT2D eigenvalue weighted by molar-refractivity contribution is 7.99. The second-order valence-corrected chi connectivity index (χ2v) is 6.76. The fourth-order valence-corrected chi connectivity index (χ4v) is 3.66. The molecule has 1 aromatic carbocycles. The van der Waals surface area contributed by atoms with Gasteiger partial charge in [0.25, 0.3) is 0 Å². The first-order valence-corrected chi connectivity index (χ1v) is 9.03. The van der Waals surface area contributed by atoms with Crippen molar-refractivity contribution in [2.24, 2.45) is 0 Å². The summed E-state index contributed by atoms with van der Waals surface area (Å²) in [5, 5.41) is 5.38. The molecule has 7 heteroatoms. The molecule has 0 aliphatic carbocycles. The molecule has 0 radical (unpaired) electrons. The van der Waals surface area contributed by atoms with Crippen molar-refractivity contribution in [2.75, 3.05) is 36.5 Å². The number of thioether (sulfide) groups is 1. The number of hydrogen-bond acceptors (Lipinski definition) is 4. The maximum Gasteiger partial charge on any atom is 0.319 e. The lowest BCUT2D eigenvalue weighted by Crippen LogP contribution is -2.42. The summed E-state index contributed by atoms with van der Waals surface area (Å²) in [5.41, 5.74) is 1.21. The van der Waals surface area contributed by atoms with E-state index in [-0.39, 0.29) is 11.7 Å². The summed E-state index contributed by atoms with van der Waals surface area (Å²) < 4.78 is 18.8. The summed E-state index contributed by atoms with van der Waals surface area (Å²) in [6.07, 6.45) is 3.35. The van der Waals surface area contributed by atoms with Crippen LogP contribution in [-0.4, -0.2) is 42.1 Å². The van der Waals surface area contributed by atoms with Crippen LogP contribution >= 0.6 is 11.8 Å². The fourth-order valence-electron chi connectivity index (χ4n) is 2.73. The summed E-state index contributed by atoms with van der Waals surface area (Å²) in [7, 11) is 0. The third-order valence-corrected chi connectivity index (χ3v) is 4.93. The van der Waals surface area contributed by atoms with E-state index in [0.717, 1.165) is 30.2 Å². The standard InChI is InChI=1S/C17H20FN3O2S/c18-14-3-1-2-4-15(14)20-17(22)19-11-16(13-5-8-23-12-13)21-6-9-24-10-7-21/h1-5,8,12,16H,6-7,9-11H2,(H2,19,20,22)/t16-/m0/s1. The van der Waals surface area contributed by atoms with Gasteiger partial charge in [-0.15, -0.1) is 0 Å². The van der Waals surface area contributed by atoms with Crippen molar-refractivity contribution < 1.29 is 13.6 Å². The van der Waals surface area contributed by atoms with E-state index in [1.807, 2.05) is 17.8 Å². The van der Waals surface area contributed by atoms with E-state index < -0.39 is 11.8 Å². The summed E-state index contributed by atoms with van der Waals surface area (Å²) in [6.45, 7) is 2.37. The first kappa shape index (κ1) is 16.9. The van der Waals surface area contributed by atoms with Crippen molar-refractivity contribution in [3.63, 3.8) is 0 Å². The van der Waals surface area contributed by atoms with E-state index in [4.69, 9.17) is 4.42 Å². The fraction of sp³-hybridized carbons (Fsp3) is 0.353. The molecule has 0 bridgehead atoms. The van der Waals surface area contributed by atoms with Gasteiger partial charge in [-0.05, 0) is 18.2 Å². The number of urea groups is 1. The number of benzene rings is 1. The van der Waals surface area contributed by atoms with E-state index in [1.165, 1.54) is 12.1 Å². The van der Waals surface area contributed by atoms with Gasteiger partial charge in [0, 0.05) is 36.7 Å². The Labute approximate surface area is 144 Å². The topological polar surface area (TPSA) is 57.5 Å². The molecule has 5 nitrogen and oxygen atoms in total. The van der Waals surface area contributed by atoms with Crippen molar-refractivity contribution >= 4 is 23.5 Å². The minimum atomic E-state index is -0.452. The second kappa shape index (κ2) is 8.21. The Balaban J connectivity index is 1.61. The highest BCUT2D eigenvalue weighted by atomic mass is 32.2. The monoisotopic (exact) mass is 349 g/mol. The molecular formula is C17H20FN3O2S. The molecule has 1 saturated heterocycles. The first-order chi connectivity index (χ1) is 11.7. The Morgan fingerprint density at radius 3 is 2.79 bits per heavy atom. The van der Waals surface area contributed by atoms with Gasteiger partial charge < -0.3 is 15.1 Å². The molecule has 24 heavy (non-hydrogen) atoms. The predicted molar refractivity (Wildman–Crippen MR) is 93.8 cm³/mol. The van der Waals surface area contributed by atoms with Crippen LogP contribution in [0.4, 0.5) is 14.9 Å². The van der Waals surface area contributed by atoms with Gasteiger partial charge in [-0.1, -0.05) is 12.1 Å². The molecule has 1 aliphatic heterocycles. The van der Waals surface area contributed by atoms with Crippen molar-refractivity contribution in [2.45, 2.75) is 6.04 Å². The number of amides is 2. The van der Waals surface area contributed by atoms with Crippen LogP contribution in [0.25, 0.3) is 0 Å². The molecular weight excluding hydrogens is 329 g/mol. The quantitative estimate of drug-likeness (QED) is 0.869. The zero-order valence-corrected chi connectivity index (χ0v) is 14.0.